The van der Waals surface area contributed by atoms with Crippen LogP contribution in [0, 0.1) is 0 Å². The molecule has 1 saturated heterocycles. The lowest BCUT2D eigenvalue weighted by Crippen LogP contribution is -2.36. The summed E-state index contributed by atoms with van der Waals surface area (Å²) in [5, 5.41) is 6.76. The SMILES string of the molecule is CNSc1cccc(Nc2cc(Nc3cccc(-c4ccc(N5CCOCC5)cc4)c3)ncn2)c1. The van der Waals surface area contributed by atoms with Crippen molar-refractivity contribution in [2.24, 2.45) is 0 Å². The molecule has 0 spiro atoms. The Morgan fingerprint density at radius 1 is 0.771 bits per heavy atom. The van der Waals surface area contributed by atoms with Crippen LogP contribution in [0.4, 0.5) is 28.7 Å². The standard InChI is InChI=1S/C27H28N6OS/c1-28-35-25-7-3-6-23(17-25)32-27-18-26(29-19-30-27)31-22-5-2-4-21(16-22)20-8-10-24(11-9-20)33-12-14-34-15-13-33/h2-11,16-19,28H,12-15H2,1H3,(H2,29,30,31,32). The van der Waals surface area contributed by atoms with Gasteiger partial charge in [-0.1, -0.05) is 30.3 Å². The Balaban J connectivity index is 1.28. The van der Waals surface area contributed by atoms with E-state index in [2.05, 4.69) is 84.8 Å². The first kappa shape index (κ1) is 23.2. The Labute approximate surface area is 210 Å². The normalized spacial score (nSPS) is 13.5. The van der Waals surface area contributed by atoms with E-state index >= 15 is 0 Å². The molecule has 1 aliphatic rings. The highest BCUT2D eigenvalue weighted by Crippen LogP contribution is 2.28. The first-order valence-electron chi connectivity index (χ1n) is 11.6. The van der Waals surface area contributed by atoms with Gasteiger partial charge in [0, 0.05) is 41.1 Å². The van der Waals surface area contributed by atoms with E-state index in [1.165, 1.54) is 11.3 Å². The summed E-state index contributed by atoms with van der Waals surface area (Å²) in [7, 11) is 1.91. The summed E-state index contributed by atoms with van der Waals surface area (Å²) in [6.45, 7) is 3.46. The van der Waals surface area contributed by atoms with Crippen molar-refractivity contribution in [3.63, 3.8) is 0 Å². The van der Waals surface area contributed by atoms with Crippen molar-refractivity contribution in [1.29, 1.82) is 0 Å². The van der Waals surface area contributed by atoms with E-state index in [1.54, 1.807) is 18.3 Å². The van der Waals surface area contributed by atoms with Crippen molar-refractivity contribution in [1.82, 2.24) is 14.7 Å². The molecule has 0 aliphatic carbocycles. The first-order valence-corrected chi connectivity index (χ1v) is 12.4. The van der Waals surface area contributed by atoms with Gasteiger partial charge in [-0.3, -0.25) is 4.72 Å². The van der Waals surface area contributed by atoms with Crippen LogP contribution in [-0.2, 0) is 4.74 Å². The van der Waals surface area contributed by atoms with Gasteiger partial charge in [-0.25, -0.2) is 9.97 Å². The molecule has 0 unspecified atom stereocenters. The molecule has 3 N–H and O–H groups in total. The predicted octanol–water partition coefficient (Wildman–Crippen LogP) is 5.69. The van der Waals surface area contributed by atoms with E-state index in [9.17, 15) is 0 Å². The van der Waals surface area contributed by atoms with Gasteiger partial charge < -0.3 is 20.3 Å². The quantitative estimate of drug-likeness (QED) is 0.275. The van der Waals surface area contributed by atoms with E-state index in [0.29, 0.717) is 0 Å². The van der Waals surface area contributed by atoms with Gasteiger partial charge in [-0.15, -0.1) is 0 Å². The Hall–Kier alpha value is -3.59. The molecule has 8 heteroatoms. The number of aromatic nitrogens is 2. The van der Waals surface area contributed by atoms with Gasteiger partial charge in [-0.05, 0) is 72.6 Å². The van der Waals surface area contributed by atoms with Crippen molar-refractivity contribution in [2.75, 3.05) is 48.9 Å². The number of rotatable bonds is 8. The topological polar surface area (TPSA) is 74.3 Å². The molecular weight excluding hydrogens is 456 g/mol. The highest BCUT2D eigenvalue weighted by Gasteiger charge is 2.11. The smallest absolute Gasteiger partial charge is 0.135 e. The van der Waals surface area contributed by atoms with Gasteiger partial charge >= 0.3 is 0 Å². The van der Waals surface area contributed by atoms with Gasteiger partial charge in [0.1, 0.15) is 18.0 Å². The lowest BCUT2D eigenvalue weighted by Gasteiger charge is -2.28. The van der Waals surface area contributed by atoms with Gasteiger partial charge in [0.15, 0.2) is 0 Å². The maximum atomic E-state index is 5.46. The van der Waals surface area contributed by atoms with Gasteiger partial charge in [0.05, 0.1) is 13.2 Å². The molecule has 2 heterocycles. The Morgan fingerprint density at radius 2 is 1.46 bits per heavy atom. The number of anilines is 5. The van der Waals surface area contributed by atoms with Crippen LogP contribution in [0.1, 0.15) is 0 Å². The molecule has 0 saturated carbocycles. The van der Waals surface area contributed by atoms with Crippen molar-refractivity contribution < 1.29 is 4.74 Å². The molecule has 35 heavy (non-hydrogen) atoms. The van der Waals surface area contributed by atoms with E-state index in [-0.39, 0.29) is 0 Å². The lowest BCUT2D eigenvalue weighted by molar-refractivity contribution is 0.122. The van der Waals surface area contributed by atoms with Crippen molar-refractivity contribution in [3.8, 4) is 11.1 Å². The fraction of sp³-hybridized carbons (Fsp3) is 0.185. The van der Waals surface area contributed by atoms with E-state index in [1.807, 2.05) is 31.3 Å². The molecule has 3 aromatic carbocycles. The summed E-state index contributed by atoms with van der Waals surface area (Å²) in [5.74, 6) is 1.45. The third kappa shape index (κ3) is 6.10. The highest BCUT2D eigenvalue weighted by atomic mass is 32.2. The molecule has 1 aromatic heterocycles. The lowest BCUT2D eigenvalue weighted by atomic mass is 10.0. The number of morpholine rings is 1. The zero-order valence-electron chi connectivity index (χ0n) is 19.6. The summed E-state index contributed by atoms with van der Waals surface area (Å²) < 4.78 is 8.55. The van der Waals surface area contributed by atoms with Crippen LogP contribution in [0.3, 0.4) is 0 Å². The molecule has 0 atom stereocenters. The van der Waals surface area contributed by atoms with Gasteiger partial charge in [0.2, 0.25) is 0 Å². The summed E-state index contributed by atoms with van der Waals surface area (Å²) in [4.78, 5) is 12.3. The third-order valence-corrected chi connectivity index (χ3v) is 6.40. The van der Waals surface area contributed by atoms with Gasteiger partial charge in [0.25, 0.3) is 0 Å². The average molecular weight is 485 g/mol. The van der Waals surface area contributed by atoms with Crippen LogP contribution in [0.15, 0.2) is 90.1 Å². The second-order valence-corrected chi connectivity index (χ2v) is 9.18. The molecule has 0 radical (unpaired) electrons. The van der Waals surface area contributed by atoms with E-state index < -0.39 is 0 Å². The number of ether oxygens (including phenoxy) is 1. The summed E-state index contributed by atoms with van der Waals surface area (Å²) in [5.41, 5.74) is 5.50. The summed E-state index contributed by atoms with van der Waals surface area (Å²) in [6.07, 6.45) is 1.56. The summed E-state index contributed by atoms with van der Waals surface area (Å²) >= 11 is 1.57. The minimum absolute atomic E-state index is 0.725. The zero-order chi connectivity index (χ0) is 23.9. The molecular formula is C27H28N6OS. The van der Waals surface area contributed by atoms with Crippen LogP contribution in [0.2, 0.25) is 0 Å². The minimum Gasteiger partial charge on any atom is -0.378 e. The number of hydrogen-bond acceptors (Lipinski definition) is 8. The van der Waals surface area contributed by atoms with Crippen molar-refractivity contribution in [2.45, 2.75) is 4.90 Å². The molecule has 1 fully saturated rings. The van der Waals surface area contributed by atoms with Gasteiger partial charge in [-0.2, -0.15) is 0 Å². The molecule has 7 nitrogen and oxygen atoms in total. The fourth-order valence-corrected chi connectivity index (χ4v) is 4.58. The number of hydrogen-bond donors (Lipinski definition) is 3. The van der Waals surface area contributed by atoms with Crippen LogP contribution in [0.25, 0.3) is 11.1 Å². The number of nitrogens with zero attached hydrogens (tertiary/aromatic N) is 3. The minimum atomic E-state index is 0.725. The van der Waals surface area contributed by atoms with Crippen LogP contribution >= 0.6 is 11.9 Å². The fourth-order valence-electron chi connectivity index (χ4n) is 4.01. The zero-order valence-corrected chi connectivity index (χ0v) is 20.4. The molecule has 1 aliphatic heterocycles. The average Bonchev–Trinajstić information content (AvgIpc) is 2.90. The number of benzene rings is 3. The van der Waals surface area contributed by atoms with E-state index in [4.69, 9.17) is 4.74 Å². The van der Waals surface area contributed by atoms with Crippen molar-refractivity contribution in [3.05, 3.63) is 85.2 Å². The number of nitrogens with one attached hydrogen (secondary N) is 3. The Kier molecular flexibility index (Phi) is 7.43. The summed E-state index contributed by atoms with van der Waals surface area (Å²) in [6, 6.07) is 27.2. The van der Waals surface area contributed by atoms with Crippen LogP contribution in [0.5, 0.6) is 0 Å². The van der Waals surface area contributed by atoms with E-state index in [0.717, 1.165) is 59.8 Å². The molecule has 0 amide bonds. The Bertz CT molecular complexity index is 1260. The second-order valence-electron chi connectivity index (χ2n) is 8.10. The van der Waals surface area contributed by atoms with Crippen LogP contribution in [-0.4, -0.2) is 43.3 Å². The maximum Gasteiger partial charge on any atom is 0.135 e. The third-order valence-electron chi connectivity index (χ3n) is 5.71. The molecule has 4 aromatic rings. The monoisotopic (exact) mass is 484 g/mol. The first-order chi connectivity index (χ1) is 17.3. The molecule has 0 bridgehead atoms. The van der Waals surface area contributed by atoms with Crippen LogP contribution < -0.4 is 20.3 Å². The maximum absolute atomic E-state index is 5.46. The second kappa shape index (κ2) is 11.2. The predicted molar refractivity (Wildman–Crippen MR) is 145 cm³/mol. The van der Waals surface area contributed by atoms with Crippen molar-refractivity contribution >= 4 is 40.6 Å². The molecule has 5 rings (SSSR count). The largest absolute Gasteiger partial charge is 0.378 e. The Morgan fingerprint density at radius 3 is 2.17 bits per heavy atom. The highest BCUT2D eigenvalue weighted by molar-refractivity contribution is 7.97. The molecule has 178 valence electrons.